The lowest BCUT2D eigenvalue weighted by atomic mass is 9.96. The molecule has 0 saturated carbocycles. The smallest absolute Gasteiger partial charge is 0.195 e. The van der Waals surface area contributed by atoms with Crippen molar-refractivity contribution in [3.63, 3.8) is 0 Å². The van der Waals surface area contributed by atoms with Crippen molar-refractivity contribution in [3.05, 3.63) is 180 Å². The minimum Gasteiger partial charge on any atom is -0.309 e. The van der Waals surface area contributed by atoms with Crippen molar-refractivity contribution in [1.29, 1.82) is 5.26 Å². The Bertz CT molecular complexity index is 2960. The summed E-state index contributed by atoms with van der Waals surface area (Å²) in [5.74, 6) is 0. The first-order valence-corrected chi connectivity index (χ1v) is 16.2. The third-order valence-electron chi connectivity index (χ3n) is 9.60. The van der Waals surface area contributed by atoms with Crippen LogP contribution in [0.4, 0.5) is 11.4 Å². The van der Waals surface area contributed by atoms with Gasteiger partial charge in [-0.2, -0.15) is 5.26 Å². The fourth-order valence-electron chi connectivity index (χ4n) is 7.34. The van der Waals surface area contributed by atoms with E-state index in [9.17, 15) is 5.26 Å². The Morgan fingerprint density at radius 2 is 1.10 bits per heavy atom. The molecule has 0 radical (unpaired) electrons. The number of benzene rings is 7. The summed E-state index contributed by atoms with van der Waals surface area (Å²) >= 11 is 0. The van der Waals surface area contributed by atoms with Crippen LogP contribution in [0.2, 0.25) is 0 Å². The maximum absolute atomic E-state index is 9.54. The summed E-state index contributed by atoms with van der Waals surface area (Å²) in [5, 5.41) is 13.8. The highest BCUT2D eigenvalue weighted by Gasteiger charge is 2.18. The molecule has 0 saturated heterocycles. The average Bonchev–Trinajstić information content (AvgIpc) is 3.69. The highest BCUT2D eigenvalue weighted by molar-refractivity contribution is 6.11. The van der Waals surface area contributed by atoms with E-state index in [-0.39, 0.29) is 0 Å². The van der Waals surface area contributed by atoms with E-state index in [0.717, 1.165) is 77.2 Å². The van der Waals surface area contributed by atoms with Crippen molar-refractivity contribution in [2.24, 2.45) is 0 Å². The molecule has 2 heterocycles. The van der Waals surface area contributed by atoms with Gasteiger partial charge in [-0.1, -0.05) is 91.0 Å². The normalized spacial score (nSPS) is 11.1. The molecule has 5 nitrogen and oxygen atoms in total. The van der Waals surface area contributed by atoms with Crippen LogP contribution in [0.1, 0.15) is 5.56 Å². The van der Waals surface area contributed by atoms with Crippen LogP contribution in [-0.2, 0) is 0 Å². The first-order chi connectivity index (χ1) is 24.7. The lowest BCUT2D eigenvalue weighted by molar-refractivity contribution is 1.18. The largest absolute Gasteiger partial charge is 0.309 e. The van der Waals surface area contributed by atoms with E-state index in [1.165, 1.54) is 0 Å². The fourth-order valence-corrected chi connectivity index (χ4v) is 7.34. The van der Waals surface area contributed by atoms with Crippen LogP contribution in [0.3, 0.4) is 0 Å². The molecule has 0 unspecified atom stereocenters. The van der Waals surface area contributed by atoms with Gasteiger partial charge in [0, 0.05) is 21.8 Å². The first kappa shape index (κ1) is 28.8. The van der Waals surface area contributed by atoms with Crippen LogP contribution in [0.15, 0.2) is 152 Å². The van der Waals surface area contributed by atoms with E-state index < -0.39 is 0 Å². The van der Waals surface area contributed by atoms with Gasteiger partial charge in [-0.05, 0) is 88.3 Å². The Balaban J connectivity index is 1.18. The number of aromatic nitrogens is 2. The van der Waals surface area contributed by atoms with Crippen LogP contribution < -0.4 is 0 Å². The van der Waals surface area contributed by atoms with Gasteiger partial charge in [-0.25, -0.2) is 9.69 Å². The van der Waals surface area contributed by atoms with Crippen LogP contribution in [-0.4, -0.2) is 9.13 Å². The molecule has 2 aromatic heterocycles. The van der Waals surface area contributed by atoms with Gasteiger partial charge in [0.05, 0.1) is 52.5 Å². The summed E-state index contributed by atoms with van der Waals surface area (Å²) in [6, 6.07) is 53.3. The fraction of sp³-hybridized carbons (Fsp3) is 0. The molecule has 50 heavy (non-hydrogen) atoms. The molecule has 0 aliphatic carbocycles. The Morgan fingerprint density at radius 3 is 1.84 bits per heavy atom. The molecule has 230 valence electrons. The maximum Gasteiger partial charge on any atom is 0.195 e. The number of nitrogens with zero attached hydrogens (tertiary/aromatic N) is 5. The van der Waals surface area contributed by atoms with Gasteiger partial charge in [-0.15, -0.1) is 0 Å². The first-order valence-electron chi connectivity index (χ1n) is 16.2. The molecule has 0 atom stereocenters. The minimum absolute atomic E-state index is 0.580. The molecule has 0 N–H and O–H groups in total. The van der Waals surface area contributed by atoms with Crippen molar-refractivity contribution < 1.29 is 0 Å². The monoisotopic (exact) mass is 635 g/mol. The van der Waals surface area contributed by atoms with Gasteiger partial charge < -0.3 is 9.13 Å². The lowest BCUT2D eigenvalue weighted by Gasteiger charge is -2.16. The standard InChI is InChI=1S/C45H25N5/c1-47-32-19-24-45-39(27-32)36-11-5-8-14-43(36)50(45)42-13-7-3-9-34(42)37-26-31(18-22-40(37)48-2)30-16-20-33(21-17-30)49-41-12-6-4-10-35(41)38-25-29(28-46)15-23-44(38)49/h3-27H. The second-order valence-corrected chi connectivity index (χ2v) is 12.3. The minimum atomic E-state index is 0.580. The predicted octanol–water partition coefficient (Wildman–Crippen LogP) is 12.2. The zero-order valence-electron chi connectivity index (χ0n) is 26.7. The second-order valence-electron chi connectivity index (χ2n) is 12.3. The Morgan fingerprint density at radius 1 is 0.480 bits per heavy atom. The summed E-state index contributed by atoms with van der Waals surface area (Å²) < 4.78 is 4.49. The predicted molar refractivity (Wildman–Crippen MR) is 203 cm³/mol. The van der Waals surface area contributed by atoms with E-state index >= 15 is 0 Å². The highest BCUT2D eigenvalue weighted by Crippen LogP contribution is 2.42. The number of nitriles is 1. The third kappa shape index (κ3) is 4.38. The molecule has 0 amide bonds. The topological polar surface area (TPSA) is 42.4 Å². The van der Waals surface area contributed by atoms with Gasteiger partial charge in [-0.3, -0.25) is 0 Å². The number of rotatable bonds is 4. The number of para-hydroxylation sites is 3. The third-order valence-corrected chi connectivity index (χ3v) is 9.60. The Kier molecular flexibility index (Phi) is 6.56. The van der Waals surface area contributed by atoms with Crippen LogP contribution >= 0.6 is 0 Å². The van der Waals surface area contributed by atoms with Gasteiger partial charge in [0.2, 0.25) is 0 Å². The summed E-state index contributed by atoms with van der Waals surface area (Å²) in [7, 11) is 0. The summed E-state index contributed by atoms with van der Waals surface area (Å²) in [6.07, 6.45) is 0. The van der Waals surface area contributed by atoms with E-state index in [0.29, 0.717) is 16.9 Å². The molecule has 9 rings (SSSR count). The Labute approximate surface area is 288 Å². The van der Waals surface area contributed by atoms with Crippen molar-refractivity contribution in [2.45, 2.75) is 0 Å². The van der Waals surface area contributed by atoms with Gasteiger partial charge in [0.1, 0.15) is 0 Å². The highest BCUT2D eigenvalue weighted by atomic mass is 15.0. The van der Waals surface area contributed by atoms with Crippen molar-refractivity contribution in [2.75, 3.05) is 0 Å². The van der Waals surface area contributed by atoms with Crippen molar-refractivity contribution in [3.8, 4) is 39.7 Å². The molecule has 7 aromatic carbocycles. The van der Waals surface area contributed by atoms with E-state index in [2.05, 4.69) is 91.6 Å². The molecule has 0 aliphatic heterocycles. The zero-order valence-corrected chi connectivity index (χ0v) is 26.7. The zero-order chi connectivity index (χ0) is 33.8. The number of hydrogen-bond acceptors (Lipinski definition) is 1. The number of fused-ring (bicyclic) bond motifs is 6. The maximum atomic E-state index is 9.54. The van der Waals surface area contributed by atoms with E-state index in [1.807, 2.05) is 84.9 Å². The number of hydrogen-bond donors (Lipinski definition) is 0. The Hall–Kier alpha value is -7.39. The molecule has 0 aliphatic rings. The van der Waals surface area contributed by atoms with Gasteiger partial charge in [0.15, 0.2) is 11.4 Å². The summed E-state index contributed by atoms with van der Waals surface area (Å²) in [6.45, 7) is 15.7. The lowest BCUT2D eigenvalue weighted by Crippen LogP contribution is -1.97. The van der Waals surface area contributed by atoms with Gasteiger partial charge in [0.25, 0.3) is 0 Å². The molecule has 5 heteroatoms. The van der Waals surface area contributed by atoms with Crippen LogP contribution in [0.5, 0.6) is 0 Å². The van der Waals surface area contributed by atoms with Crippen molar-refractivity contribution >= 4 is 55.0 Å². The molecule has 0 bridgehead atoms. The molecular formula is C45H25N5. The average molecular weight is 636 g/mol. The van der Waals surface area contributed by atoms with Crippen LogP contribution in [0.25, 0.3) is 86.9 Å². The second kappa shape index (κ2) is 11.4. The van der Waals surface area contributed by atoms with E-state index in [4.69, 9.17) is 13.1 Å². The SMILES string of the molecule is [C-]#[N+]c1ccc2c(c1)c1ccccc1n2-c1ccccc1-c1cc(-c2ccc(-n3c4ccccc4c4cc(C#N)ccc43)cc2)ccc1[N+]#[C-]. The van der Waals surface area contributed by atoms with Gasteiger partial charge >= 0.3 is 0 Å². The van der Waals surface area contributed by atoms with Crippen molar-refractivity contribution in [1.82, 2.24) is 9.13 Å². The quantitative estimate of drug-likeness (QED) is 0.177. The molecule has 9 aromatic rings. The molecule has 0 fully saturated rings. The van der Waals surface area contributed by atoms with Crippen LogP contribution in [0, 0.1) is 24.5 Å². The summed E-state index contributed by atoms with van der Waals surface area (Å²) in [4.78, 5) is 7.64. The summed E-state index contributed by atoms with van der Waals surface area (Å²) in [5.41, 5.74) is 11.9. The molecule has 0 spiro atoms. The molecular weight excluding hydrogens is 611 g/mol. The van der Waals surface area contributed by atoms with E-state index in [1.54, 1.807) is 0 Å².